The van der Waals surface area contributed by atoms with Gasteiger partial charge in [-0.1, -0.05) is 6.42 Å². The van der Waals surface area contributed by atoms with Gasteiger partial charge in [0, 0.05) is 25.4 Å². The molecule has 0 atom stereocenters. The SMILES string of the molecule is CN(CC1CCC1)C(=O)c1ccnc(CO)c1. The van der Waals surface area contributed by atoms with Gasteiger partial charge in [0.15, 0.2) is 0 Å². The summed E-state index contributed by atoms with van der Waals surface area (Å²) >= 11 is 0. The lowest BCUT2D eigenvalue weighted by Gasteiger charge is -2.30. The van der Waals surface area contributed by atoms with Crippen molar-refractivity contribution in [1.29, 1.82) is 0 Å². The molecule has 17 heavy (non-hydrogen) atoms. The summed E-state index contributed by atoms with van der Waals surface area (Å²) in [7, 11) is 1.83. The Morgan fingerprint density at radius 2 is 2.35 bits per heavy atom. The summed E-state index contributed by atoms with van der Waals surface area (Å²) in [5, 5.41) is 8.99. The van der Waals surface area contributed by atoms with Gasteiger partial charge in [0.2, 0.25) is 0 Å². The normalized spacial score (nSPS) is 15.4. The summed E-state index contributed by atoms with van der Waals surface area (Å²) in [6.07, 6.45) is 5.32. The second-order valence-corrected chi connectivity index (χ2v) is 4.68. The summed E-state index contributed by atoms with van der Waals surface area (Å²) < 4.78 is 0. The first kappa shape index (κ1) is 12.0. The molecule has 1 saturated carbocycles. The number of carbonyl (C=O) groups excluding carboxylic acids is 1. The number of aromatic nitrogens is 1. The van der Waals surface area contributed by atoms with Crippen molar-refractivity contribution in [2.24, 2.45) is 5.92 Å². The maximum Gasteiger partial charge on any atom is 0.253 e. The van der Waals surface area contributed by atoms with Crippen LogP contribution in [-0.2, 0) is 6.61 Å². The minimum Gasteiger partial charge on any atom is -0.390 e. The molecule has 0 bridgehead atoms. The van der Waals surface area contributed by atoms with Gasteiger partial charge in [-0.25, -0.2) is 0 Å². The second-order valence-electron chi connectivity index (χ2n) is 4.68. The van der Waals surface area contributed by atoms with Gasteiger partial charge in [-0.05, 0) is 30.9 Å². The standard InChI is InChI=1S/C13H18N2O2/c1-15(8-10-3-2-4-10)13(17)11-5-6-14-12(7-11)9-16/h5-7,10,16H,2-4,8-9H2,1H3. The number of carbonyl (C=O) groups is 1. The highest BCUT2D eigenvalue weighted by atomic mass is 16.3. The highest BCUT2D eigenvalue weighted by Gasteiger charge is 2.22. The molecule has 1 N–H and O–H groups in total. The molecule has 1 amide bonds. The lowest BCUT2D eigenvalue weighted by atomic mass is 9.85. The summed E-state index contributed by atoms with van der Waals surface area (Å²) in [4.78, 5) is 17.8. The van der Waals surface area contributed by atoms with Crippen molar-refractivity contribution < 1.29 is 9.90 Å². The lowest BCUT2D eigenvalue weighted by molar-refractivity contribution is 0.0745. The van der Waals surface area contributed by atoms with Crippen LogP contribution in [-0.4, -0.2) is 34.5 Å². The van der Waals surface area contributed by atoms with E-state index in [-0.39, 0.29) is 12.5 Å². The predicted molar refractivity (Wildman–Crippen MR) is 64.5 cm³/mol. The van der Waals surface area contributed by atoms with E-state index in [1.165, 1.54) is 19.3 Å². The van der Waals surface area contributed by atoms with E-state index in [4.69, 9.17) is 5.11 Å². The van der Waals surface area contributed by atoms with E-state index in [0.717, 1.165) is 6.54 Å². The highest BCUT2D eigenvalue weighted by molar-refractivity contribution is 5.94. The van der Waals surface area contributed by atoms with E-state index >= 15 is 0 Å². The van der Waals surface area contributed by atoms with Crippen molar-refractivity contribution in [3.05, 3.63) is 29.6 Å². The molecule has 2 rings (SSSR count). The number of pyridine rings is 1. The molecule has 92 valence electrons. The zero-order valence-corrected chi connectivity index (χ0v) is 10.1. The smallest absolute Gasteiger partial charge is 0.253 e. The van der Waals surface area contributed by atoms with E-state index in [1.54, 1.807) is 23.2 Å². The number of hydrogen-bond donors (Lipinski definition) is 1. The molecule has 1 fully saturated rings. The first-order valence-electron chi connectivity index (χ1n) is 6.02. The van der Waals surface area contributed by atoms with Crippen LogP contribution in [0.3, 0.4) is 0 Å². The van der Waals surface area contributed by atoms with Gasteiger partial charge < -0.3 is 10.0 Å². The molecule has 0 radical (unpaired) electrons. The van der Waals surface area contributed by atoms with Crippen LogP contribution in [0.2, 0.25) is 0 Å². The maximum absolute atomic E-state index is 12.1. The fourth-order valence-corrected chi connectivity index (χ4v) is 2.06. The largest absolute Gasteiger partial charge is 0.390 e. The predicted octanol–water partition coefficient (Wildman–Crippen LogP) is 1.45. The van der Waals surface area contributed by atoms with Crippen LogP contribution in [0, 0.1) is 5.92 Å². The molecular formula is C13H18N2O2. The topological polar surface area (TPSA) is 53.4 Å². The Kier molecular flexibility index (Phi) is 3.74. The fraction of sp³-hybridized carbons (Fsp3) is 0.538. The van der Waals surface area contributed by atoms with Crippen LogP contribution in [0.15, 0.2) is 18.3 Å². The summed E-state index contributed by atoms with van der Waals surface area (Å²) in [6.45, 7) is 0.697. The quantitative estimate of drug-likeness (QED) is 0.857. The molecule has 1 aromatic rings. The van der Waals surface area contributed by atoms with Crippen LogP contribution >= 0.6 is 0 Å². The number of rotatable bonds is 4. The van der Waals surface area contributed by atoms with Gasteiger partial charge in [0.1, 0.15) is 0 Å². The number of aliphatic hydroxyl groups excluding tert-OH is 1. The minimum absolute atomic E-state index is 0.00833. The Balaban J connectivity index is 2.01. The average molecular weight is 234 g/mol. The third kappa shape index (κ3) is 2.82. The van der Waals surface area contributed by atoms with Crippen molar-refractivity contribution in [1.82, 2.24) is 9.88 Å². The Morgan fingerprint density at radius 1 is 1.59 bits per heavy atom. The van der Waals surface area contributed by atoms with Gasteiger partial charge in [-0.3, -0.25) is 9.78 Å². The number of nitrogens with zero attached hydrogens (tertiary/aromatic N) is 2. The van der Waals surface area contributed by atoms with Crippen LogP contribution in [0.4, 0.5) is 0 Å². The Hall–Kier alpha value is -1.42. The summed E-state index contributed by atoms with van der Waals surface area (Å²) in [5.41, 5.74) is 1.14. The molecule has 0 unspecified atom stereocenters. The third-order valence-electron chi connectivity index (χ3n) is 3.33. The van der Waals surface area contributed by atoms with Gasteiger partial charge in [-0.15, -0.1) is 0 Å². The Labute approximate surface area is 101 Å². The van der Waals surface area contributed by atoms with Gasteiger partial charge in [0.25, 0.3) is 5.91 Å². The lowest BCUT2D eigenvalue weighted by Crippen LogP contribution is -2.34. The second kappa shape index (κ2) is 5.27. The van der Waals surface area contributed by atoms with Crippen molar-refractivity contribution in [2.75, 3.05) is 13.6 Å². The molecule has 1 aliphatic carbocycles. The monoisotopic (exact) mass is 234 g/mol. The first-order valence-corrected chi connectivity index (χ1v) is 6.02. The summed E-state index contributed by atoms with van der Waals surface area (Å²) in [5.74, 6) is 0.678. The molecule has 1 aliphatic rings. The zero-order chi connectivity index (χ0) is 12.3. The van der Waals surface area contributed by atoms with Crippen LogP contribution in [0.5, 0.6) is 0 Å². The molecule has 1 aromatic heterocycles. The van der Waals surface area contributed by atoms with Crippen LogP contribution in [0.25, 0.3) is 0 Å². The molecule has 4 nitrogen and oxygen atoms in total. The Morgan fingerprint density at radius 3 is 2.94 bits per heavy atom. The van der Waals surface area contributed by atoms with E-state index in [2.05, 4.69) is 4.98 Å². The van der Waals surface area contributed by atoms with Crippen molar-refractivity contribution in [3.63, 3.8) is 0 Å². The highest BCUT2D eigenvalue weighted by Crippen LogP contribution is 2.27. The number of amides is 1. The van der Waals surface area contributed by atoms with Gasteiger partial charge in [0.05, 0.1) is 12.3 Å². The van der Waals surface area contributed by atoms with Gasteiger partial charge in [-0.2, -0.15) is 0 Å². The molecule has 4 heteroatoms. The average Bonchev–Trinajstić information content (AvgIpc) is 2.32. The molecule has 0 saturated heterocycles. The summed E-state index contributed by atoms with van der Waals surface area (Å²) in [6, 6.07) is 3.35. The molecule has 1 heterocycles. The maximum atomic E-state index is 12.1. The fourth-order valence-electron chi connectivity index (χ4n) is 2.06. The zero-order valence-electron chi connectivity index (χ0n) is 10.1. The van der Waals surface area contributed by atoms with Gasteiger partial charge >= 0.3 is 0 Å². The molecular weight excluding hydrogens is 216 g/mol. The minimum atomic E-state index is -0.131. The number of aliphatic hydroxyl groups is 1. The van der Waals surface area contributed by atoms with Crippen LogP contribution in [0.1, 0.15) is 35.3 Å². The molecule has 0 aliphatic heterocycles. The van der Waals surface area contributed by atoms with E-state index in [1.807, 2.05) is 7.05 Å². The van der Waals surface area contributed by atoms with E-state index < -0.39 is 0 Å². The first-order chi connectivity index (χ1) is 8.20. The van der Waals surface area contributed by atoms with Crippen molar-refractivity contribution in [3.8, 4) is 0 Å². The van der Waals surface area contributed by atoms with Crippen LogP contribution < -0.4 is 0 Å². The van der Waals surface area contributed by atoms with Crippen molar-refractivity contribution in [2.45, 2.75) is 25.9 Å². The van der Waals surface area contributed by atoms with E-state index in [0.29, 0.717) is 17.2 Å². The van der Waals surface area contributed by atoms with Crippen molar-refractivity contribution >= 4 is 5.91 Å². The third-order valence-corrected chi connectivity index (χ3v) is 3.33. The number of hydrogen-bond acceptors (Lipinski definition) is 3. The molecule has 0 aromatic carbocycles. The molecule has 0 spiro atoms. The Bertz CT molecular complexity index is 402. The van der Waals surface area contributed by atoms with E-state index in [9.17, 15) is 4.79 Å².